The third-order valence-corrected chi connectivity index (χ3v) is 25.8. The molecule has 14 unspecified atom stereocenters. The third kappa shape index (κ3) is 19.7. The predicted octanol–water partition coefficient (Wildman–Crippen LogP) is 17.9. The lowest BCUT2D eigenvalue weighted by atomic mass is 9.64. The van der Waals surface area contributed by atoms with Crippen molar-refractivity contribution in [1.82, 2.24) is 0 Å². The zero-order valence-electron chi connectivity index (χ0n) is 64.7. The molecule has 14 atom stereocenters. The number of rotatable bonds is 21. The topological polar surface area (TPSA) is 210 Å². The molecule has 0 aromatic carbocycles. The maximum Gasteiger partial charge on any atom is 0.312 e. The van der Waals surface area contributed by atoms with Crippen LogP contribution in [-0.2, 0) is 76.3 Å². The predicted molar refractivity (Wildman–Crippen MR) is 374 cm³/mol. The van der Waals surface area contributed by atoms with Gasteiger partial charge in [-0.05, 0) is 331 Å². The molecular weight excluding hydrogens is 1230 g/mol. The minimum atomic E-state index is -0.651. The number of fused-ring (bicyclic) bond motifs is 13. The van der Waals surface area contributed by atoms with Crippen LogP contribution in [0.15, 0.2) is 0 Å². The second kappa shape index (κ2) is 30.8. The second-order valence-electron chi connectivity index (χ2n) is 37.5. The molecule has 0 aliphatic heterocycles. The van der Waals surface area contributed by atoms with Crippen LogP contribution in [0.25, 0.3) is 0 Å². The molecule has 97 heavy (non-hydrogen) atoms. The molecule has 0 saturated heterocycles. The van der Waals surface area contributed by atoms with E-state index in [0.29, 0.717) is 41.4 Å². The summed E-state index contributed by atoms with van der Waals surface area (Å²) in [6.45, 7) is 42.7. The molecular formula is C81H134O16. The van der Waals surface area contributed by atoms with E-state index >= 15 is 0 Å². The van der Waals surface area contributed by atoms with Crippen molar-refractivity contribution in [2.75, 3.05) is 0 Å². The fourth-order valence-electron chi connectivity index (χ4n) is 17.9. The SMILES string of the molecule is CCC(C)(C)C(=O)OC1(CC(=O)OC(C)(C)C)CC2CC1C1C3CCC(C3)C21.CCC(C)(C)C(=O)OC1(CC(=O)OC2(C)CCCC2)CC2CCC1C2.CCC(C)(C)C(=O)OC1CC2CC1CC2C(=O)OC(C)(C)C.CCC(C)(C)OC(=O)C1CCC(OC(=O)C(C)(C)CC)CC1. The van der Waals surface area contributed by atoms with Gasteiger partial charge >= 0.3 is 47.8 Å². The van der Waals surface area contributed by atoms with Crippen molar-refractivity contribution in [2.45, 2.75) is 371 Å². The zero-order chi connectivity index (χ0) is 72.5. The van der Waals surface area contributed by atoms with Gasteiger partial charge in [0.05, 0.1) is 46.3 Å². The van der Waals surface area contributed by atoms with E-state index in [9.17, 15) is 38.4 Å². The average Bonchev–Trinajstić information content (AvgIpc) is 1.53. The maximum atomic E-state index is 13.1. The fraction of sp³-hybridized carbons (Fsp3) is 0.901. The number of hydrogen-bond donors (Lipinski definition) is 0. The molecule has 16 heteroatoms. The lowest BCUT2D eigenvalue weighted by Crippen LogP contribution is -2.51. The Balaban J connectivity index is 0.000000183. The van der Waals surface area contributed by atoms with Gasteiger partial charge in [-0.15, -0.1) is 0 Å². The standard InChI is InChI=1S/C24H38O4.C21H34O4.C18H30O4.C18H32O4/c1-7-23(5,6)21(26)28-24(13-18(25)27-22(2,3)4)12-16-11-17(24)20-15-9-8-14(10-15)19(16)20;1-5-19(2,3)18(23)25-21(13-15-8-9-16(21)12-15)14-17(22)24-20(4)10-6-7-11-20;1-7-18(5,6)16(20)21-14-10-11-8-12(14)9-13(11)15(19)22-17(2,3)4;1-7-17(3,4)16(20)21-14-11-9-13(10-12-14)15(19)22-18(5,6)8-2/h14-17,19-20H,7-13H2,1-6H3;15-16H,5-14H2,1-4H3;11-14H,7-10H2,1-6H3;13-14H,7-12H2,1-6H3. The Labute approximate surface area is 585 Å². The van der Waals surface area contributed by atoms with Gasteiger partial charge in [-0.3, -0.25) is 38.4 Å². The summed E-state index contributed by atoms with van der Waals surface area (Å²) in [5.74, 6) is 4.40. The summed E-state index contributed by atoms with van der Waals surface area (Å²) in [7, 11) is 0. The molecule has 10 aliphatic rings. The van der Waals surface area contributed by atoms with Crippen LogP contribution in [0.3, 0.4) is 0 Å². The van der Waals surface area contributed by atoms with Crippen LogP contribution < -0.4 is 0 Å². The van der Waals surface area contributed by atoms with Crippen molar-refractivity contribution < 1.29 is 76.3 Å². The first-order chi connectivity index (χ1) is 44.8. The van der Waals surface area contributed by atoms with E-state index < -0.39 is 49.7 Å². The summed E-state index contributed by atoms with van der Waals surface area (Å²) in [6, 6.07) is 0. The van der Waals surface area contributed by atoms with Crippen molar-refractivity contribution in [3.8, 4) is 0 Å². The first-order valence-corrected chi connectivity index (χ1v) is 38.6. The Kier molecular flexibility index (Phi) is 25.4. The molecule has 0 spiro atoms. The molecule has 16 nitrogen and oxygen atoms in total. The van der Waals surface area contributed by atoms with Crippen molar-refractivity contribution in [2.24, 2.45) is 92.7 Å². The van der Waals surface area contributed by atoms with Gasteiger partial charge in [0.2, 0.25) is 0 Å². The molecule has 8 bridgehead atoms. The van der Waals surface area contributed by atoms with Crippen LogP contribution in [0.1, 0.15) is 326 Å². The van der Waals surface area contributed by atoms with Crippen molar-refractivity contribution in [1.29, 1.82) is 0 Å². The van der Waals surface area contributed by atoms with Crippen LogP contribution >= 0.6 is 0 Å². The summed E-state index contributed by atoms with van der Waals surface area (Å²) in [5.41, 5.74) is -4.82. The molecule has 10 fully saturated rings. The number of carbonyl (C=O) groups is 8. The fourth-order valence-corrected chi connectivity index (χ4v) is 17.9. The number of hydrogen-bond acceptors (Lipinski definition) is 16. The van der Waals surface area contributed by atoms with Crippen LogP contribution in [-0.4, -0.2) is 93.6 Å². The summed E-state index contributed by atoms with van der Waals surface area (Å²) in [6.07, 6.45) is 24.1. The van der Waals surface area contributed by atoms with Gasteiger partial charge < -0.3 is 37.9 Å². The van der Waals surface area contributed by atoms with E-state index in [1.165, 1.54) is 25.7 Å². The smallest absolute Gasteiger partial charge is 0.312 e. The lowest BCUT2D eigenvalue weighted by Gasteiger charge is -2.46. The Bertz CT molecular complexity index is 2760. The summed E-state index contributed by atoms with van der Waals surface area (Å²) < 4.78 is 46.4. The van der Waals surface area contributed by atoms with Gasteiger partial charge in [-0.25, -0.2) is 0 Å². The highest BCUT2D eigenvalue weighted by atomic mass is 16.6. The second-order valence-corrected chi connectivity index (χ2v) is 37.5. The summed E-state index contributed by atoms with van der Waals surface area (Å²) in [4.78, 5) is 100. The molecule has 10 rings (SSSR count). The molecule has 0 radical (unpaired) electrons. The Morgan fingerprint density at radius 3 is 1.40 bits per heavy atom. The van der Waals surface area contributed by atoms with Crippen molar-refractivity contribution in [3.63, 3.8) is 0 Å². The zero-order valence-corrected chi connectivity index (χ0v) is 64.7. The van der Waals surface area contributed by atoms with Gasteiger partial charge in [0.15, 0.2) is 0 Å². The largest absolute Gasteiger partial charge is 0.462 e. The highest BCUT2D eigenvalue weighted by molar-refractivity contribution is 5.80. The van der Waals surface area contributed by atoms with E-state index in [1.807, 2.05) is 152 Å². The van der Waals surface area contributed by atoms with Crippen LogP contribution in [0.4, 0.5) is 0 Å². The van der Waals surface area contributed by atoms with E-state index in [0.717, 1.165) is 153 Å². The minimum absolute atomic E-state index is 0.0120. The number of carbonyl (C=O) groups excluding carboxylic acids is 8. The summed E-state index contributed by atoms with van der Waals surface area (Å²) >= 11 is 0. The van der Waals surface area contributed by atoms with E-state index in [1.54, 1.807) is 0 Å². The van der Waals surface area contributed by atoms with Gasteiger partial charge in [-0.1, -0.05) is 34.6 Å². The van der Waals surface area contributed by atoms with Crippen LogP contribution in [0, 0.1) is 92.7 Å². The summed E-state index contributed by atoms with van der Waals surface area (Å²) in [5, 5.41) is 0. The molecule has 0 aromatic heterocycles. The van der Waals surface area contributed by atoms with Crippen LogP contribution in [0.5, 0.6) is 0 Å². The normalized spacial score (nSPS) is 32.8. The van der Waals surface area contributed by atoms with E-state index in [2.05, 4.69) is 0 Å². The molecule has 10 aliphatic carbocycles. The highest BCUT2D eigenvalue weighted by Gasteiger charge is 2.69. The first-order valence-electron chi connectivity index (χ1n) is 38.6. The van der Waals surface area contributed by atoms with E-state index in [-0.39, 0.29) is 90.2 Å². The minimum Gasteiger partial charge on any atom is -0.462 e. The van der Waals surface area contributed by atoms with Crippen LogP contribution in [0.2, 0.25) is 0 Å². The van der Waals surface area contributed by atoms with Crippen molar-refractivity contribution >= 4 is 47.8 Å². The molecule has 554 valence electrons. The quantitative estimate of drug-likeness (QED) is 0.0594. The molecule has 0 amide bonds. The highest BCUT2D eigenvalue weighted by Crippen LogP contribution is 2.71. The average molecular weight is 1360 g/mol. The third-order valence-electron chi connectivity index (χ3n) is 25.8. The van der Waals surface area contributed by atoms with E-state index in [4.69, 9.17) is 37.9 Å². The Morgan fingerprint density at radius 2 is 0.918 bits per heavy atom. The Morgan fingerprint density at radius 1 is 0.412 bits per heavy atom. The monoisotopic (exact) mass is 1360 g/mol. The maximum absolute atomic E-state index is 13.1. The van der Waals surface area contributed by atoms with Gasteiger partial charge in [-0.2, -0.15) is 0 Å². The number of esters is 8. The lowest BCUT2D eigenvalue weighted by molar-refractivity contribution is -0.191. The van der Waals surface area contributed by atoms with Gasteiger partial charge in [0, 0.05) is 5.92 Å². The first kappa shape index (κ1) is 80.1. The molecule has 10 saturated carbocycles. The molecule has 0 N–H and O–H groups in total. The van der Waals surface area contributed by atoms with Crippen molar-refractivity contribution in [3.05, 3.63) is 0 Å². The Hall–Kier alpha value is -4.24. The molecule has 0 heterocycles. The number of ether oxygens (including phenoxy) is 8. The van der Waals surface area contributed by atoms with Gasteiger partial charge in [0.25, 0.3) is 0 Å². The van der Waals surface area contributed by atoms with Gasteiger partial charge in [0.1, 0.15) is 45.8 Å². The molecule has 0 aromatic rings.